The first-order valence-corrected chi connectivity index (χ1v) is 1.90. The highest BCUT2D eigenvalue weighted by molar-refractivity contribution is 5.58. The summed E-state index contributed by atoms with van der Waals surface area (Å²) in [5.41, 5.74) is 0. The van der Waals surface area contributed by atoms with E-state index in [1.54, 1.807) is 0 Å². The topological polar surface area (TPSA) is 97.1 Å². The SMILES string of the molecule is COC(=O)OOO[N+](=O)[O-]. The second-order valence-corrected chi connectivity index (χ2v) is 0.904. The fourth-order valence-corrected chi connectivity index (χ4v) is 0.102. The van der Waals surface area contributed by atoms with Crippen LogP contribution in [0, 0.1) is 10.1 Å². The molecule has 0 unspecified atom stereocenters. The Labute approximate surface area is 54.2 Å². The highest BCUT2D eigenvalue weighted by Gasteiger charge is 2.03. The van der Waals surface area contributed by atoms with Gasteiger partial charge in [0.15, 0.2) is 0 Å². The maximum atomic E-state index is 9.92. The number of rotatable bonds is 3. The van der Waals surface area contributed by atoms with Crippen molar-refractivity contribution in [3.05, 3.63) is 10.1 Å². The first kappa shape index (κ1) is 8.43. The van der Waals surface area contributed by atoms with Crippen LogP contribution in [0.2, 0.25) is 0 Å². The van der Waals surface area contributed by atoms with E-state index in [-0.39, 0.29) is 0 Å². The van der Waals surface area contributed by atoms with E-state index in [1.165, 1.54) is 0 Å². The second-order valence-electron chi connectivity index (χ2n) is 0.904. The van der Waals surface area contributed by atoms with Crippen LogP contribution < -0.4 is 0 Å². The minimum Gasteiger partial charge on any atom is -0.436 e. The molecule has 0 aliphatic heterocycles. The van der Waals surface area contributed by atoms with Crippen molar-refractivity contribution in [1.82, 2.24) is 0 Å². The third-order valence-electron chi connectivity index (χ3n) is 0.360. The molecule has 8 heteroatoms. The number of carbonyl (C=O) groups is 1. The molecule has 0 aliphatic rings. The number of hydrogen-bond acceptors (Lipinski definition) is 7. The number of ether oxygens (including phenoxy) is 1. The van der Waals surface area contributed by atoms with E-state index in [0.717, 1.165) is 7.11 Å². The first-order chi connectivity index (χ1) is 4.66. The molecule has 0 aromatic heterocycles. The third-order valence-corrected chi connectivity index (χ3v) is 0.360. The molecule has 10 heavy (non-hydrogen) atoms. The maximum Gasteiger partial charge on any atom is 0.542 e. The quantitative estimate of drug-likeness (QED) is 0.240. The summed E-state index contributed by atoms with van der Waals surface area (Å²) in [5, 5.41) is 11.3. The lowest BCUT2D eigenvalue weighted by Crippen LogP contribution is -2.08. The van der Waals surface area contributed by atoms with Gasteiger partial charge in [0.25, 0.3) is 0 Å². The molecule has 0 heterocycles. The summed E-state index contributed by atoms with van der Waals surface area (Å²) in [6.45, 7) is 0. The molecule has 0 rings (SSSR count). The van der Waals surface area contributed by atoms with E-state index in [4.69, 9.17) is 0 Å². The molecule has 0 aromatic carbocycles. The summed E-state index contributed by atoms with van der Waals surface area (Å²) in [6, 6.07) is 0. The molecule has 0 amide bonds. The normalized spacial score (nSPS) is 8.10. The van der Waals surface area contributed by atoms with Crippen molar-refractivity contribution in [2.75, 3.05) is 7.11 Å². The van der Waals surface area contributed by atoms with Crippen LogP contribution >= 0.6 is 0 Å². The van der Waals surface area contributed by atoms with Gasteiger partial charge in [0.1, 0.15) is 0 Å². The average molecular weight is 153 g/mol. The molecule has 0 aliphatic carbocycles. The van der Waals surface area contributed by atoms with Crippen molar-refractivity contribution in [1.29, 1.82) is 0 Å². The molecule has 8 nitrogen and oxygen atoms in total. The van der Waals surface area contributed by atoms with E-state index in [9.17, 15) is 14.9 Å². The lowest BCUT2D eigenvalue weighted by Gasteiger charge is -1.95. The lowest BCUT2D eigenvalue weighted by atomic mass is 11.4. The van der Waals surface area contributed by atoms with Crippen molar-refractivity contribution < 1.29 is 29.5 Å². The Hall–Kier alpha value is -1.57. The van der Waals surface area contributed by atoms with Crippen molar-refractivity contribution >= 4 is 6.16 Å². The summed E-state index contributed by atoms with van der Waals surface area (Å²) in [6.07, 6.45) is -1.25. The first-order valence-electron chi connectivity index (χ1n) is 1.90. The Bertz CT molecular complexity index is 132. The third kappa shape index (κ3) is 4.59. The van der Waals surface area contributed by atoms with Gasteiger partial charge >= 0.3 is 11.2 Å². The van der Waals surface area contributed by atoms with Gasteiger partial charge in [-0.15, -0.1) is 15.1 Å². The zero-order chi connectivity index (χ0) is 7.98. The number of methoxy groups -OCH3 is 1. The van der Waals surface area contributed by atoms with Crippen LogP contribution in [-0.4, -0.2) is 18.4 Å². The highest BCUT2D eigenvalue weighted by Crippen LogP contribution is 1.85. The van der Waals surface area contributed by atoms with E-state index in [0.29, 0.717) is 0 Å². The number of nitrogens with zero attached hydrogens (tertiary/aromatic N) is 1. The smallest absolute Gasteiger partial charge is 0.436 e. The molecule has 58 valence electrons. The monoisotopic (exact) mass is 153 g/mol. The van der Waals surface area contributed by atoms with Gasteiger partial charge in [-0.2, -0.15) is 0 Å². The van der Waals surface area contributed by atoms with E-state index in [2.05, 4.69) is 19.7 Å². The lowest BCUT2D eigenvalue weighted by molar-refractivity contribution is -0.885. The summed E-state index contributed by atoms with van der Waals surface area (Å²) in [5.74, 6) is 0. The molecule has 0 N–H and O–H groups in total. The van der Waals surface area contributed by atoms with Gasteiger partial charge < -0.3 is 4.74 Å². The van der Waals surface area contributed by atoms with Crippen molar-refractivity contribution in [3.8, 4) is 0 Å². The summed E-state index contributed by atoms with van der Waals surface area (Å²) in [7, 11) is 0.998. The van der Waals surface area contributed by atoms with Gasteiger partial charge in [0, 0.05) is 5.04 Å². The number of carbonyl (C=O) groups excluding carboxylic acids is 1. The van der Waals surface area contributed by atoms with Gasteiger partial charge in [-0.05, 0) is 0 Å². The Morgan fingerprint density at radius 2 is 2.20 bits per heavy atom. The fraction of sp³-hybridized carbons (Fsp3) is 0.500. The van der Waals surface area contributed by atoms with Crippen LogP contribution in [0.4, 0.5) is 4.79 Å². The minimum atomic E-state index is -1.30. The molecule has 0 saturated heterocycles. The molecule has 0 bridgehead atoms. The van der Waals surface area contributed by atoms with Gasteiger partial charge in [-0.25, -0.2) is 9.68 Å². The summed E-state index contributed by atoms with van der Waals surface area (Å²) >= 11 is 0. The van der Waals surface area contributed by atoms with Crippen LogP contribution in [-0.2, 0) is 19.7 Å². The van der Waals surface area contributed by atoms with Gasteiger partial charge in [-0.3, -0.25) is 0 Å². The zero-order valence-electron chi connectivity index (χ0n) is 4.80. The molecular weight excluding hydrogens is 150 g/mol. The largest absolute Gasteiger partial charge is 0.542 e. The molecule has 0 spiro atoms. The van der Waals surface area contributed by atoms with Crippen molar-refractivity contribution in [2.45, 2.75) is 0 Å². The van der Waals surface area contributed by atoms with Crippen LogP contribution in [0.15, 0.2) is 0 Å². The summed E-state index contributed by atoms with van der Waals surface area (Å²) < 4.78 is 3.84. The van der Waals surface area contributed by atoms with Crippen LogP contribution in [0.25, 0.3) is 0 Å². The molecular formula is C2H3NO7. The predicted octanol–water partition coefficient (Wildman–Crippen LogP) is -0.176. The summed E-state index contributed by atoms with van der Waals surface area (Å²) in [4.78, 5) is 25.8. The number of hydrogen-bond donors (Lipinski definition) is 0. The van der Waals surface area contributed by atoms with Crippen LogP contribution in [0.5, 0.6) is 0 Å². The Kier molecular flexibility index (Phi) is 3.64. The fourth-order valence-electron chi connectivity index (χ4n) is 0.102. The van der Waals surface area contributed by atoms with E-state index in [1.807, 2.05) is 0 Å². The maximum absolute atomic E-state index is 9.92. The zero-order valence-corrected chi connectivity index (χ0v) is 4.80. The minimum absolute atomic E-state index is 0.998. The molecule has 0 saturated carbocycles. The van der Waals surface area contributed by atoms with Crippen LogP contribution in [0.1, 0.15) is 0 Å². The predicted molar refractivity (Wildman–Crippen MR) is 22.7 cm³/mol. The molecule has 0 atom stereocenters. The molecule has 0 aromatic rings. The second kappa shape index (κ2) is 4.32. The van der Waals surface area contributed by atoms with Crippen molar-refractivity contribution in [3.63, 3.8) is 0 Å². The van der Waals surface area contributed by atoms with Gasteiger partial charge in [-0.1, -0.05) is 0 Å². The van der Waals surface area contributed by atoms with Crippen molar-refractivity contribution in [2.24, 2.45) is 0 Å². The Balaban J connectivity index is 3.20. The van der Waals surface area contributed by atoms with E-state index < -0.39 is 11.2 Å². The Morgan fingerprint density at radius 1 is 1.60 bits per heavy atom. The van der Waals surface area contributed by atoms with Gasteiger partial charge in [0.05, 0.1) is 7.11 Å². The molecule has 0 radical (unpaired) electrons. The highest BCUT2D eigenvalue weighted by atomic mass is 17.6. The standard InChI is InChI=1S/C2H3NO7/c1-7-2(4)8-10-9-3(5)6/h1H3. The van der Waals surface area contributed by atoms with Gasteiger partial charge in [0.2, 0.25) is 0 Å². The molecule has 0 fully saturated rings. The Morgan fingerprint density at radius 3 is 2.60 bits per heavy atom. The van der Waals surface area contributed by atoms with E-state index >= 15 is 0 Å². The average Bonchev–Trinajstić information content (AvgIpc) is 1.87. The van der Waals surface area contributed by atoms with Crippen LogP contribution in [0.3, 0.4) is 0 Å².